The van der Waals surface area contributed by atoms with Gasteiger partial charge in [0.05, 0.1) is 6.10 Å². The van der Waals surface area contributed by atoms with Crippen molar-refractivity contribution in [1.29, 1.82) is 0 Å². The van der Waals surface area contributed by atoms with Gasteiger partial charge in [0.25, 0.3) is 0 Å². The maximum Gasteiger partial charge on any atom is 0.137 e. The summed E-state index contributed by atoms with van der Waals surface area (Å²) in [6.07, 6.45) is 15.7. The number of hydrogen-bond donors (Lipinski definition) is 0. The summed E-state index contributed by atoms with van der Waals surface area (Å²) in [5, 5.41) is 3.92. The Hall–Kier alpha value is -1.51. The molecule has 4 heteroatoms. The SMILES string of the molecule is [N-]=[N+]=NC(CCc1ccccc1)OC1CCCCCCCCCCC1. The quantitative estimate of drug-likeness (QED) is 0.313. The smallest absolute Gasteiger partial charge is 0.137 e. The first-order valence-corrected chi connectivity index (χ1v) is 10.1. The third-order valence-electron chi connectivity index (χ3n) is 5.10. The van der Waals surface area contributed by atoms with Crippen LogP contribution in [0.25, 0.3) is 10.4 Å². The standard InChI is InChI=1S/C21H33N3O/c22-24-23-21(18-17-19-13-9-8-10-14-19)25-20-15-11-6-4-2-1-3-5-7-12-16-20/h8-10,13-14,20-21H,1-7,11-12,15-18H2. The molecule has 1 aromatic carbocycles. The maximum atomic E-state index is 8.89. The Balaban J connectivity index is 1.84. The molecule has 1 fully saturated rings. The van der Waals surface area contributed by atoms with Crippen LogP contribution in [0, 0.1) is 0 Å². The number of azide groups is 1. The summed E-state index contributed by atoms with van der Waals surface area (Å²) in [5.41, 5.74) is 10.2. The van der Waals surface area contributed by atoms with Crippen LogP contribution in [0.3, 0.4) is 0 Å². The van der Waals surface area contributed by atoms with Gasteiger partial charge < -0.3 is 4.74 Å². The lowest BCUT2D eigenvalue weighted by molar-refractivity contribution is -0.0228. The average Bonchev–Trinajstić information content (AvgIpc) is 2.63. The van der Waals surface area contributed by atoms with Crippen LogP contribution in [0.2, 0.25) is 0 Å². The van der Waals surface area contributed by atoms with Gasteiger partial charge in [-0.2, -0.15) is 0 Å². The van der Waals surface area contributed by atoms with Gasteiger partial charge >= 0.3 is 0 Å². The number of benzene rings is 1. The molecular weight excluding hydrogens is 310 g/mol. The molecule has 1 atom stereocenters. The molecule has 0 heterocycles. The van der Waals surface area contributed by atoms with Crippen LogP contribution in [0.15, 0.2) is 35.4 Å². The summed E-state index contributed by atoms with van der Waals surface area (Å²) in [6.45, 7) is 0. The van der Waals surface area contributed by atoms with E-state index in [2.05, 4.69) is 22.2 Å². The Morgan fingerprint density at radius 1 is 0.920 bits per heavy atom. The molecule has 1 saturated carbocycles. The molecule has 2 rings (SSSR count). The lowest BCUT2D eigenvalue weighted by Gasteiger charge is -2.23. The van der Waals surface area contributed by atoms with Gasteiger partial charge in [-0.3, -0.25) is 0 Å². The van der Waals surface area contributed by atoms with Crippen molar-refractivity contribution in [3.63, 3.8) is 0 Å². The number of hydrogen-bond acceptors (Lipinski definition) is 2. The minimum atomic E-state index is -0.344. The second-order valence-electron chi connectivity index (χ2n) is 7.20. The van der Waals surface area contributed by atoms with E-state index < -0.39 is 0 Å². The molecule has 0 amide bonds. The van der Waals surface area contributed by atoms with E-state index in [1.54, 1.807) is 0 Å². The highest BCUT2D eigenvalue weighted by atomic mass is 16.5. The van der Waals surface area contributed by atoms with Gasteiger partial charge in [-0.05, 0) is 36.8 Å². The Labute approximate surface area is 152 Å². The van der Waals surface area contributed by atoms with Crippen LogP contribution >= 0.6 is 0 Å². The summed E-state index contributed by atoms with van der Waals surface area (Å²) in [6, 6.07) is 10.3. The topological polar surface area (TPSA) is 58.0 Å². The summed E-state index contributed by atoms with van der Waals surface area (Å²) in [5.74, 6) is 0. The fourth-order valence-corrected chi connectivity index (χ4v) is 3.63. The second kappa shape index (κ2) is 12.8. The van der Waals surface area contributed by atoms with Crippen LogP contribution in [0.4, 0.5) is 0 Å². The van der Waals surface area contributed by atoms with E-state index in [1.165, 1.54) is 63.4 Å². The zero-order valence-electron chi connectivity index (χ0n) is 15.5. The first-order valence-electron chi connectivity index (χ1n) is 10.1. The van der Waals surface area contributed by atoms with Crippen molar-refractivity contribution in [2.45, 2.75) is 95.8 Å². The molecule has 0 aliphatic heterocycles. The highest BCUT2D eigenvalue weighted by Crippen LogP contribution is 2.21. The van der Waals surface area contributed by atoms with Crippen LogP contribution in [0.1, 0.15) is 82.6 Å². The number of rotatable bonds is 6. The van der Waals surface area contributed by atoms with Crippen molar-refractivity contribution < 1.29 is 4.74 Å². The lowest BCUT2D eigenvalue weighted by Crippen LogP contribution is -2.21. The van der Waals surface area contributed by atoms with E-state index in [9.17, 15) is 0 Å². The maximum absolute atomic E-state index is 8.89. The molecule has 1 aliphatic rings. The average molecular weight is 344 g/mol. The molecule has 25 heavy (non-hydrogen) atoms. The normalized spacial score (nSPS) is 19.2. The van der Waals surface area contributed by atoms with Gasteiger partial charge in [-0.1, -0.05) is 93.2 Å². The number of aryl methyl sites for hydroxylation is 1. The van der Waals surface area contributed by atoms with Gasteiger partial charge in [0.15, 0.2) is 0 Å². The van der Waals surface area contributed by atoms with Crippen molar-refractivity contribution >= 4 is 0 Å². The Kier molecular flexibility index (Phi) is 10.1. The van der Waals surface area contributed by atoms with Crippen LogP contribution in [0.5, 0.6) is 0 Å². The minimum Gasteiger partial charge on any atom is -0.369 e. The van der Waals surface area contributed by atoms with Gasteiger partial charge in [0.1, 0.15) is 6.23 Å². The Bertz CT molecular complexity index is 487. The molecule has 0 N–H and O–H groups in total. The number of ether oxygens (including phenoxy) is 1. The van der Waals surface area contributed by atoms with Crippen molar-refractivity contribution in [3.8, 4) is 0 Å². The zero-order chi connectivity index (χ0) is 17.6. The fraction of sp³-hybridized carbons (Fsp3) is 0.714. The highest BCUT2D eigenvalue weighted by molar-refractivity contribution is 5.14. The summed E-state index contributed by atoms with van der Waals surface area (Å²) in [4.78, 5) is 3.02. The van der Waals surface area contributed by atoms with E-state index in [0.29, 0.717) is 0 Å². The Morgan fingerprint density at radius 3 is 2.04 bits per heavy atom. The van der Waals surface area contributed by atoms with Crippen molar-refractivity contribution in [2.24, 2.45) is 5.11 Å². The highest BCUT2D eigenvalue weighted by Gasteiger charge is 2.16. The molecule has 0 saturated heterocycles. The van der Waals surface area contributed by atoms with Gasteiger partial charge in [0, 0.05) is 4.91 Å². The molecule has 0 radical (unpaired) electrons. The summed E-state index contributed by atoms with van der Waals surface area (Å²) in [7, 11) is 0. The Morgan fingerprint density at radius 2 is 1.48 bits per heavy atom. The van der Waals surface area contributed by atoms with Crippen molar-refractivity contribution in [2.75, 3.05) is 0 Å². The van der Waals surface area contributed by atoms with E-state index in [-0.39, 0.29) is 12.3 Å². The molecule has 0 spiro atoms. The third-order valence-corrected chi connectivity index (χ3v) is 5.10. The zero-order valence-corrected chi connectivity index (χ0v) is 15.5. The van der Waals surface area contributed by atoms with Crippen LogP contribution in [-0.4, -0.2) is 12.3 Å². The van der Waals surface area contributed by atoms with E-state index >= 15 is 0 Å². The lowest BCUT2D eigenvalue weighted by atomic mass is 9.99. The van der Waals surface area contributed by atoms with Crippen LogP contribution in [-0.2, 0) is 11.2 Å². The molecule has 1 aliphatic carbocycles. The number of nitrogens with zero attached hydrogens (tertiary/aromatic N) is 3. The monoisotopic (exact) mass is 343 g/mol. The van der Waals surface area contributed by atoms with Crippen molar-refractivity contribution in [3.05, 3.63) is 46.3 Å². The van der Waals surface area contributed by atoms with E-state index in [4.69, 9.17) is 10.3 Å². The van der Waals surface area contributed by atoms with Crippen molar-refractivity contribution in [1.82, 2.24) is 0 Å². The first-order chi connectivity index (χ1) is 12.4. The fourth-order valence-electron chi connectivity index (χ4n) is 3.63. The minimum absolute atomic E-state index is 0.241. The predicted molar refractivity (Wildman–Crippen MR) is 103 cm³/mol. The molecular formula is C21H33N3O. The molecule has 0 aromatic heterocycles. The molecule has 1 aromatic rings. The van der Waals surface area contributed by atoms with Gasteiger partial charge in [-0.25, -0.2) is 0 Å². The van der Waals surface area contributed by atoms with Gasteiger partial charge in [0.2, 0.25) is 0 Å². The molecule has 1 unspecified atom stereocenters. The summed E-state index contributed by atoms with van der Waals surface area (Å²) < 4.78 is 6.24. The third kappa shape index (κ3) is 8.94. The first kappa shape index (κ1) is 19.8. The van der Waals surface area contributed by atoms with Gasteiger partial charge in [-0.15, -0.1) is 0 Å². The molecule has 4 nitrogen and oxygen atoms in total. The predicted octanol–water partition coefficient (Wildman–Crippen LogP) is 6.95. The largest absolute Gasteiger partial charge is 0.369 e. The summed E-state index contributed by atoms with van der Waals surface area (Å²) >= 11 is 0. The molecule has 138 valence electrons. The molecule has 0 bridgehead atoms. The van der Waals surface area contributed by atoms with E-state index in [0.717, 1.165) is 25.7 Å². The van der Waals surface area contributed by atoms with E-state index in [1.807, 2.05) is 18.2 Å². The second-order valence-corrected chi connectivity index (χ2v) is 7.20. The van der Waals surface area contributed by atoms with Crippen LogP contribution < -0.4 is 0 Å².